The summed E-state index contributed by atoms with van der Waals surface area (Å²) in [5.74, 6) is -5.43. The topological polar surface area (TPSA) is 51.2 Å². The molecule has 0 fully saturated rings. The van der Waals surface area contributed by atoms with E-state index < -0.39 is 24.2 Å². The van der Waals surface area contributed by atoms with Crippen molar-refractivity contribution in [3.8, 4) is 11.5 Å². The highest BCUT2D eigenvalue weighted by Crippen LogP contribution is 2.34. The van der Waals surface area contributed by atoms with E-state index in [0.717, 1.165) is 11.8 Å². The van der Waals surface area contributed by atoms with Gasteiger partial charge in [0.1, 0.15) is 5.15 Å². The van der Waals surface area contributed by atoms with Gasteiger partial charge in [-0.2, -0.15) is 8.78 Å². The summed E-state index contributed by atoms with van der Waals surface area (Å²) >= 11 is 11.8. The first-order valence-corrected chi connectivity index (χ1v) is 10.3. The van der Waals surface area contributed by atoms with Crippen molar-refractivity contribution in [2.75, 3.05) is 6.54 Å². The Morgan fingerprint density at radius 1 is 1.12 bits per heavy atom. The second kappa shape index (κ2) is 9.38. The monoisotopic (exact) mass is 482 g/mol. The average Bonchev–Trinajstić information content (AvgIpc) is 2.72. The van der Waals surface area contributed by atoms with Crippen LogP contribution >= 0.6 is 23.2 Å². The fraction of sp³-hybridized carbons (Fsp3) is 0.217. The van der Waals surface area contributed by atoms with Crippen LogP contribution in [0.1, 0.15) is 32.6 Å². The largest absolute Gasteiger partial charge is 0.452 e. The molecule has 0 aliphatic carbocycles. The van der Waals surface area contributed by atoms with Gasteiger partial charge in [-0.1, -0.05) is 53.0 Å². The first-order chi connectivity index (χ1) is 15.0. The summed E-state index contributed by atoms with van der Waals surface area (Å²) in [6, 6.07) is 8.65. The third-order valence-corrected chi connectivity index (χ3v) is 5.51. The Balaban J connectivity index is 1.89. The SMILES string of the molecule is Cc1ccc(C(F)(F)CNC(=O)c2c(Oc3cccc(Cl)c3F)cnc(Cl)c2C)c(C)c1. The van der Waals surface area contributed by atoms with Gasteiger partial charge >= 0.3 is 0 Å². The van der Waals surface area contributed by atoms with Crippen molar-refractivity contribution >= 4 is 29.1 Å². The highest BCUT2D eigenvalue weighted by atomic mass is 35.5. The quantitative estimate of drug-likeness (QED) is 0.394. The molecule has 4 nitrogen and oxygen atoms in total. The predicted octanol–water partition coefficient (Wildman–Crippen LogP) is 6.77. The van der Waals surface area contributed by atoms with E-state index in [0.29, 0.717) is 5.56 Å². The fourth-order valence-electron chi connectivity index (χ4n) is 3.20. The van der Waals surface area contributed by atoms with Crippen LogP contribution in [0.15, 0.2) is 42.6 Å². The first kappa shape index (κ1) is 23.9. The zero-order valence-corrected chi connectivity index (χ0v) is 18.9. The van der Waals surface area contributed by atoms with E-state index in [1.54, 1.807) is 26.0 Å². The van der Waals surface area contributed by atoms with Gasteiger partial charge in [-0.3, -0.25) is 4.79 Å². The zero-order valence-electron chi connectivity index (χ0n) is 17.4. The third kappa shape index (κ3) is 5.00. The van der Waals surface area contributed by atoms with Crippen molar-refractivity contribution in [2.45, 2.75) is 26.7 Å². The Morgan fingerprint density at radius 3 is 2.53 bits per heavy atom. The molecule has 0 bridgehead atoms. The lowest BCUT2D eigenvalue weighted by Gasteiger charge is -2.21. The molecule has 0 atom stereocenters. The molecular formula is C23H19Cl2F3N2O2. The average molecular weight is 483 g/mol. The summed E-state index contributed by atoms with van der Waals surface area (Å²) in [7, 11) is 0. The van der Waals surface area contributed by atoms with Gasteiger partial charge in [0.15, 0.2) is 17.3 Å². The molecule has 1 heterocycles. The van der Waals surface area contributed by atoms with Crippen LogP contribution < -0.4 is 10.1 Å². The van der Waals surface area contributed by atoms with Gasteiger partial charge in [-0.15, -0.1) is 0 Å². The molecule has 0 radical (unpaired) electrons. The number of nitrogens with one attached hydrogen (secondary N) is 1. The van der Waals surface area contributed by atoms with E-state index in [1.165, 1.54) is 31.2 Å². The molecule has 32 heavy (non-hydrogen) atoms. The number of ether oxygens (including phenoxy) is 1. The van der Waals surface area contributed by atoms with Gasteiger partial charge in [0.2, 0.25) is 0 Å². The molecular weight excluding hydrogens is 464 g/mol. The van der Waals surface area contributed by atoms with E-state index in [-0.39, 0.29) is 38.4 Å². The maximum absolute atomic E-state index is 14.8. The van der Waals surface area contributed by atoms with Gasteiger partial charge in [-0.25, -0.2) is 9.37 Å². The molecule has 0 aliphatic heterocycles. The molecule has 0 aliphatic rings. The van der Waals surface area contributed by atoms with Crippen LogP contribution in [0, 0.1) is 26.6 Å². The van der Waals surface area contributed by atoms with Crippen molar-refractivity contribution < 1.29 is 22.7 Å². The van der Waals surface area contributed by atoms with E-state index in [9.17, 15) is 18.0 Å². The van der Waals surface area contributed by atoms with E-state index in [1.807, 2.05) is 0 Å². The number of aryl methyl sites for hydroxylation is 2. The number of halogens is 5. The number of benzene rings is 2. The van der Waals surface area contributed by atoms with E-state index in [2.05, 4.69) is 10.3 Å². The highest BCUT2D eigenvalue weighted by Gasteiger charge is 2.34. The van der Waals surface area contributed by atoms with Gasteiger partial charge < -0.3 is 10.1 Å². The number of hydrogen-bond acceptors (Lipinski definition) is 3. The molecule has 3 rings (SSSR count). The smallest absolute Gasteiger partial charge is 0.290 e. The van der Waals surface area contributed by atoms with Crippen LogP contribution in [-0.2, 0) is 5.92 Å². The van der Waals surface area contributed by atoms with Crippen molar-refractivity contribution in [3.63, 3.8) is 0 Å². The van der Waals surface area contributed by atoms with Crippen molar-refractivity contribution in [1.82, 2.24) is 10.3 Å². The molecule has 0 saturated heterocycles. The number of aromatic nitrogens is 1. The Kier molecular flexibility index (Phi) is 7.00. The van der Waals surface area contributed by atoms with Crippen LogP contribution in [0.2, 0.25) is 10.2 Å². The number of hydrogen-bond donors (Lipinski definition) is 1. The molecule has 2 aromatic carbocycles. The molecule has 3 aromatic rings. The van der Waals surface area contributed by atoms with Crippen molar-refractivity contribution in [3.05, 3.63) is 86.4 Å². The zero-order chi connectivity index (χ0) is 23.6. The standard InChI is InChI=1S/C23H19Cl2F3N2O2/c1-12-7-8-15(13(2)9-12)23(27,28)11-30-22(31)19-14(3)21(25)29-10-18(19)32-17-6-4-5-16(24)20(17)26/h4-10H,11H2,1-3H3,(H,30,31). The Labute approximate surface area is 193 Å². The lowest BCUT2D eigenvalue weighted by molar-refractivity contribution is -0.00310. The van der Waals surface area contributed by atoms with Gasteiger partial charge in [0.25, 0.3) is 11.8 Å². The maximum atomic E-state index is 14.8. The maximum Gasteiger partial charge on any atom is 0.290 e. The molecule has 168 valence electrons. The summed E-state index contributed by atoms with van der Waals surface area (Å²) < 4.78 is 49.4. The number of carbonyl (C=O) groups is 1. The van der Waals surface area contributed by atoms with Crippen LogP contribution in [0.5, 0.6) is 11.5 Å². The Bertz CT molecular complexity index is 1190. The number of carbonyl (C=O) groups excluding carboxylic acids is 1. The summed E-state index contributed by atoms with van der Waals surface area (Å²) in [5.41, 5.74) is 1.13. The lowest BCUT2D eigenvalue weighted by atomic mass is 10.00. The normalized spacial score (nSPS) is 11.4. The summed E-state index contributed by atoms with van der Waals surface area (Å²) in [6.45, 7) is 3.90. The Hall–Kier alpha value is -2.77. The van der Waals surface area contributed by atoms with Gasteiger partial charge in [0, 0.05) is 11.1 Å². The molecule has 0 unspecified atom stereocenters. The first-order valence-electron chi connectivity index (χ1n) is 9.52. The summed E-state index contributed by atoms with van der Waals surface area (Å²) in [6.07, 6.45) is 1.12. The fourth-order valence-corrected chi connectivity index (χ4v) is 3.51. The third-order valence-electron chi connectivity index (χ3n) is 4.84. The van der Waals surface area contributed by atoms with Crippen LogP contribution in [-0.4, -0.2) is 17.4 Å². The molecule has 1 N–H and O–H groups in total. The van der Waals surface area contributed by atoms with Crippen LogP contribution in [0.4, 0.5) is 13.2 Å². The number of nitrogens with zero attached hydrogens (tertiary/aromatic N) is 1. The highest BCUT2D eigenvalue weighted by molar-refractivity contribution is 6.31. The summed E-state index contributed by atoms with van der Waals surface area (Å²) in [4.78, 5) is 16.8. The number of rotatable bonds is 6. The number of amides is 1. The van der Waals surface area contributed by atoms with Crippen LogP contribution in [0.3, 0.4) is 0 Å². The minimum Gasteiger partial charge on any atom is -0.452 e. The van der Waals surface area contributed by atoms with Crippen molar-refractivity contribution in [2.24, 2.45) is 0 Å². The lowest BCUT2D eigenvalue weighted by Crippen LogP contribution is -2.36. The number of alkyl halides is 2. The van der Waals surface area contributed by atoms with Gasteiger partial charge in [0.05, 0.1) is 23.3 Å². The molecule has 0 saturated carbocycles. The number of pyridine rings is 1. The minimum absolute atomic E-state index is 0.0183. The van der Waals surface area contributed by atoms with Gasteiger partial charge in [-0.05, 0) is 38.5 Å². The molecule has 9 heteroatoms. The minimum atomic E-state index is -3.32. The Morgan fingerprint density at radius 2 is 1.84 bits per heavy atom. The predicted molar refractivity (Wildman–Crippen MR) is 118 cm³/mol. The second-order valence-corrected chi connectivity index (χ2v) is 8.04. The molecule has 0 spiro atoms. The molecule has 1 aromatic heterocycles. The summed E-state index contributed by atoms with van der Waals surface area (Å²) in [5, 5.41) is 2.03. The van der Waals surface area contributed by atoms with E-state index in [4.69, 9.17) is 27.9 Å². The second-order valence-electron chi connectivity index (χ2n) is 7.27. The van der Waals surface area contributed by atoms with E-state index >= 15 is 0 Å². The van der Waals surface area contributed by atoms with Crippen LogP contribution in [0.25, 0.3) is 0 Å². The molecule has 1 amide bonds. The van der Waals surface area contributed by atoms with Crippen molar-refractivity contribution in [1.29, 1.82) is 0 Å².